The zero-order valence-electron chi connectivity index (χ0n) is 14.2. The number of halogens is 1. The number of aromatic nitrogens is 3. The molecule has 3 rings (SSSR count). The molecule has 1 aliphatic heterocycles. The summed E-state index contributed by atoms with van der Waals surface area (Å²) >= 11 is 7.26. The number of nitrogens with zero attached hydrogens (tertiary/aromatic N) is 4. The molecule has 0 radical (unpaired) electrons. The van der Waals surface area contributed by atoms with Crippen molar-refractivity contribution in [2.24, 2.45) is 0 Å². The van der Waals surface area contributed by atoms with Gasteiger partial charge in [0.25, 0.3) is 0 Å². The molecule has 1 amide bonds. The molecule has 0 aliphatic carbocycles. The fourth-order valence-electron chi connectivity index (χ4n) is 2.91. The van der Waals surface area contributed by atoms with Crippen LogP contribution in [0.4, 0.5) is 0 Å². The van der Waals surface area contributed by atoms with E-state index in [1.54, 1.807) is 12.1 Å². The molecule has 25 heavy (non-hydrogen) atoms. The monoisotopic (exact) mass is 379 g/mol. The minimum atomic E-state index is -0.248. The molecule has 1 fully saturated rings. The lowest BCUT2D eigenvalue weighted by Gasteiger charge is -2.23. The molecule has 8 heteroatoms. The number of nitrogens with two attached hydrogens (primary N) is 1. The van der Waals surface area contributed by atoms with Crippen molar-refractivity contribution in [3.8, 4) is 11.4 Å². The number of thioether (sulfide) groups is 1. The molecule has 6 nitrogen and oxygen atoms in total. The van der Waals surface area contributed by atoms with E-state index in [4.69, 9.17) is 17.4 Å². The Morgan fingerprint density at radius 1 is 1.16 bits per heavy atom. The Balaban J connectivity index is 1.70. The molecular formula is C17H22ClN5OS. The third-order valence-electron chi connectivity index (χ3n) is 4.31. The fourth-order valence-corrected chi connectivity index (χ4v) is 3.89. The van der Waals surface area contributed by atoms with Crippen molar-refractivity contribution in [1.82, 2.24) is 19.8 Å². The van der Waals surface area contributed by atoms with E-state index in [9.17, 15) is 4.79 Å². The Morgan fingerprint density at radius 2 is 1.80 bits per heavy atom. The fraction of sp³-hybridized carbons (Fsp3) is 0.471. The van der Waals surface area contributed by atoms with Gasteiger partial charge in [0, 0.05) is 23.7 Å². The van der Waals surface area contributed by atoms with Crippen LogP contribution in [0, 0.1) is 0 Å². The molecule has 2 aromatic rings. The smallest absolute Gasteiger partial charge is 0.235 e. The van der Waals surface area contributed by atoms with E-state index in [1.807, 2.05) is 24.0 Å². The van der Waals surface area contributed by atoms with Crippen LogP contribution in [0.3, 0.4) is 0 Å². The minimum absolute atomic E-state index is 0.142. The van der Waals surface area contributed by atoms with Gasteiger partial charge in [-0.1, -0.05) is 36.2 Å². The summed E-state index contributed by atoms with van der Waals surface area (Å²) in [6.07, 6.45) is 4.56. The Bertz CT molecular complexity index is 725. The summed E-state index contributed by atoms with van der Waals surface area (Å²) in [7, 11) is 0. The SMILES string of the molecule is CC(Sc1nnc(-c2ccc(Cl)cc2)n1N)C(=O)N1CCCCCC1. The van der Waals surface area contributed by atoms with Crippen molar-refractivity contribution in [1.29, 1.82) is 0 Å². The Kier molecular flexibility index (Phi) is 5.86. The summed E-state index contributed by atoms with van der Waals surface area (Å²) < 4.78 is 1.43. The van der Waals surface area contributed by atoms with E-state index in [0.717, 1.165) is 31.5 Å². The average molecular weight is 380 g/mol. The molecule has 1 aromatic carbocycles. The Morgan fingerprint density at radius 3 is 2.44 bits per heavy atom. The van der Waals surface area contributed by atoms with E-state index >= 15 is 0 Å². The highest BCUT2D eigenvalue weighted by Gasteiger charge is 2.24. The average Bonchev–Trinajstić information content (AvgIpc) is 2.82. The minimum Gasteiger partial charge on any atom is -0.342 e. The molecule has 1 atom stereocenters. The van der Waals surface area contributed by atoms with Crippen molar-refractivity contribution in [3.63, 3.8) is 0 Å². The van der Waals surface area contributed by atoms with E-state index in [-0.39, 0.29) is 11.2 Å². The summed E-state index contributed by atoms with van der Waals surface area (Å²) in [5, 5.41) is 9.23. The topological polar surface area (TPSA) is 77.0 Å². The van der Waals surface area contributed by atoms with Crippen LogP contribution in [-0.2, 0) is 4.79 Å². The van der Waals surface area contributed by atoms with Gasteiger partial charge in [0.15, 0.2) is 5.82 Å². The summed E-state index contributed by atoms with van der Waals surface area (Å²) in [5.74, 6) is 6.83. The van der Waals surface area contributed by atoms with Gasteiger partial charge < -0.3 is 10.7 Å². The first-order valence-electron chi connectivity index (χ1n) is 8.48. The zero-order valence-corrected chi connectivity index (χ0v) is 15.8. The molecule has 1 unspecified atom stereocenters. The molecule has 134 valence electrons. The van der Waals surface area contributed by atoms with Crippen molar-refractivity contribution >= 4 is 29.3 Å². The highest BCUT2D eigenvalue weighted by Crippen LogP contribution is 2.27. The van der Waals surface area contributed by atoms with Crippen molar-refractivity contribution in [2.75, 3.05) is 18.9 Å². The van der Waals surface area contributed by atoms with Crippen molar-refractivity contribution in [2.45, 2.75) is 43.0 Å². The van der Waals surface area contributed by atoms with Crippen LogP contribution in [-0.4, -0.2) is 44.0 Å². The van der Waals surface area contributed by atoms with Gasteiger partial charge in [-0.2, -0.15) is 0 Å². The van der Waals surface area contributed by atoms with Crippen LogP contribution in [0.1, 0.15) is 32.6 Å². The lowest BCUT2D eigenvalue weighted by Crippen LogP contribution is -2.37. The molecule has 1 aliphatic rings. The largest absolute Gasteiger partial charge is 0.342 e. The number of carbonyl (C=O) groups excluding carboxylic acids is 1. The van der Waals surface area contributed by atoms with Gasteiger partial charge in [0.1, 0.15) is 0 Å². The molecule has 1 saturated heterocycles. The first-order valence-corrected chi connectivity index (χ1v) is 9.74. The molecule has 0 saturated carbocycles. The number of rotatable bonds is 4. The molecule has 1 aromatic heterocycles. The number of benzene rings is 1. The second-order valence-electron chi connectivity index (χ2n) is 6.18. The first kappa shape index (κ1) is 18.1. The Hall–Kier alpha value is -1.73. The molecular weight excluding hydrogens is 358 g/mol. The summed E-state index contributed by atoms with van der Waals surface area (Å²) in [5.41, 5.74) is 0.831. The lowest BCUT2D eigenvalue weighted by atomic mass is 10.2. The van der Waals surface area contributed by atoms with E-state index in [2.05, 4.69) is 10.2 Å². The predicted octanol–water partition coefficient (Wildman–Crippen LogP) is 3.20. The van der Waals surface area contributed by atoms with E-state index < -0.39 is 0 Å². The lowest BCUT2D eigenvalue weighted by molar-refractivity contribution is -0.130. The maximum absolute atomic E-state index is 12.7. The van der Waals surface area contributed by atoms with Crippen LogP contribution < -0.4 is 5.84 Å². The second kappa shape index (κ2) is 8.10. The quantitative estimate of drug-likeness (QED) is 0.652. The maximum atomic E-state index is 12.7. The normalized spacial score (nSPS) is 16.5. The van der Waals surface area contributed by atoms with E-state index in [1.165, 1.54) is 29.3 Å². The van der Waals surface area contributed by atoms with Crippen LogP contribution in [0.5, 0.6) is 0 Å². The van der Waals surface area contributed by atoms with Gasteiger partial charge in [-0.25, -0.2) is 4.68 Å². The maximum Gasteiger partial charge on any atom is 0.235 e. The standard InChI is InChI=1S/C17H22ClN5OS/c1-12(16(24)22-10-4-2-3-5-11-22)25-17-21-20-15(23(17)19)13-6-8-14(18)9-7-13/h6-9,12H,2-5,10-11,19H2,1H3. The molecule has 0 bridgehead atoms. The summed E-state index contributed by atoms with van der Waals surface area (Å²) in [6.45, 7) is 3.58. The number of carbonyl (C=O) groups is 1. The highest BCUT2D eigenvalue weighted by molar-refractivity contribution is 8.00. The van der Waals surface area contributed by atoms with Crippen LogP contribution in [0.2, 0.25) is 5.02 Å². The number of likely N-dealkylation sites (tertiary alicyclic amines) is 1. The first-order chi connectivity index (χ1) is 12.1. The van der Waals surface area contributed by atoms with Crippen LogP contribution in [0.25, 0.3) is 11.4 Å². The van der Waals surface area contributed by atoms with Gasteiger partial charge in [-0.05, 0) is 44.0 Å². The number of hydrogen-bond donors (Lipinski definition) is 1. The number of hydrogen-bond acceptors (Lipinski definition) is 5. The third kappa shape index (κ3) is 4.27. The second-order valence-corrected chi connectivity index (χ2v) is 7.93. The van der Waals surface area contributed by atoms with Gasteiger partial charge in [0.2, 0.25) is 11.1 Å². The van der Waals surface area contributed by atoms with E-state index in [0.29, 0.717) is 16.0 Å². The summed E-state index contributed by atoms with van der Waals surface area (Å²) in [4.78, 5) is 14.6. The van der Waals surface area contributed by atoms with Crippen LogP contribution >= 0.6 is 23.4 Å². The van der Waals surface area contributed by atoms with Crippen LogP contribution in [0.15, 0.2) is 29.4 Å². The van der Waals surface area contributed by atoms with Crippen molar-refractivity contribution < 1.29 is 4.79 Å². The molecule has 0 spiro atoms. The Labute approximate surface area is 156 Å². The number of amides is 1. The predicted molar refractivity (Wildman–Crippen MR) is 101 cm³/mol. The van der Waals surface area contributed by atoms with Gasteiger partial charge in [-0.3, -0.25) is 4.79 Å². The van der Waals surface area contributed by atoms with Gasteiger partial charge in [0.05, 0.1) is 5.25 Å². The highest BCUT2D eigenvalue weighted by atomic mass is 35.5. The summed E-state index contributed by atoms with van der Waals surface area (Å²) in [6, 6.07) is 7.25. The zero-order chi connectivity index (χ0) is 17.8. The van der Waals surface area contributed by atoms with Gasteiger partial charge in [-0.15, -0.1) is 10.2 Å². The van der Waals surface area contributed by atoms with Gasteiger partial charge >= 0.3 is 0 Å². The third-order valence-corrected chi connectivity index (χ3v) is 5.61. The number of nitrogen functional groups attached to an aromatic ring is 1. The molecule has 2 heterocycles. The molecule has 2 N–H and O–H groups in total. The van der Waals surface area contributed by atoms with Crippen molar-refractivity contribution in [3.05, 3.63) is 29.3 Å².